The molecule has 0 radical (unpaired) electrons. The molecule has 4 atom stereocenters. The Balaban J connectivity index is 1.48. The monoisotopic (exact) mass is 435 g/mol. The number of hydrogen-bond donors (Lipinski definition) is 0. The number of aryl methyl sites for hydroxylation is 1. The summed E-state index contributed by atoms with van der Waals surface area (Å²) < 4.78 is 24.6. The number of ether oxygens (including phenoxy) is 2. The van der Waals surface area contributed by atoms with Gasteiger partial charge in [0.25, 0.3) is 5.91 Å². The molecule has 2 aliphatic rings. The third-order valence-corrected chi connectivity index (χ3v) is 6.67. The van der Waals surface area contributed by atoms with Gasteiger partial charge in [-0.05, 0) is 38.2 Å². The molecule has 1 aliphatic carbocycles. The predicted molar refractivity (Wildman–Crippen MR) is 119 cm³/mol. The van der Waals surface area contributed by atoms with E-state index >= 15 is 0 Å². The van der Waals surface area contributed by atoms with Gasteiger partial charge in [-0.2, -0.15) is 0 Å². The number of amides is 1. The lowest BCUT2D eigenvalue weighted by Gasteiger charge is -2.38. The Bertz CT molecular complexity index is 1140. The number of benzene rings is 1. The molecule has 1 amide bonds. The molecular formula is C25H26FN3O3. The van der Waals surface area contributed by atoms with Crippen molar-refractivity contribution in [2.45, 2.75) is 44.9 Å². The van der Waals surface area contributed by atoms with Crippen LogP contribution in [0.1, 0.15) is 35.7 Å². The molecule has 2 bridgehead atoms. The second kappa shape index (κ2) is 8.37. The van der Waals surface area contributed by atoms with Crippen LogP contribution in [0, 0.1) is 12.8 Å². The molecule has 7 heteroatoms. The molecule has 5 rings (SSSR count). The Hall–Kier alpha value is -3.22. The fourth-order valence-corrected chi connectivity index (χ4v) is 5.10. The first-order valence-electron chi connectivity index (χ1n) is 11.1. The van der Waals surface area contributed by atoms with E-state index in [4.69, 9.17) is 9.47 Å². The van der Waals surface area contributed by atoms with Crippen molar-refractivity contribution >= 4 is 16.7 Å². The number of alkyl halides is 1. The molecule has 2 aromatic heterocycles. The number of rotatable bonds is 6. The van der Waals surface area contributed by atoms with E-state index in [0.29, 0.717) is 17.4 Å². The van der Waals surface area contributed by atoms with Crippen LogP contribution in [-0.2, 0) is 0 Å². The Morgan fingerprint density at radius 3 is 2.75 bits per heavy atom. The first-order chi connectivity index (χ1) is 15.6. The zero-order chi connectivity index (χ0) is 22.2. The molecule has 1 saturated carbocycles. The normalized spacial score (nSPS) is 24.2. The summed E-state index contributed by atoms with van der Waals surface area (Å²) in [5.74, 6) is 0.969. The highest BCUT2D eigenvalue weighted by Crippen LogP contribution is 2.45. The highest BCUT2D eigenvalue weighted by molar-refractivity contribution is 6.09. The number of carbonyl (C=O) groups is 1. The van der Waals surface area contributed by atoms with Gasteiger partial charge in [0.1, 0.15) is 24.9 Å². The maximum absolute atomic E-state index is 13.9. The summed E-state index contributed by atoms with van der Waals surface area (Å²) >= 11 is 0. The number of nitrogens with zero attached hydrogens (tertiary/aromatic N) is 3. The average Bonchev–Trinajstić information content (AvgIpc) is 3.36. The number of halogens is 1. The van der Waals surface area contributed by atoms with Crippen molar-refractivity contribution in [3.8, 4) is 11.8 Å². The number of likely N-dealkylation sites (tertiary alicyclic amines) is 1. The SMILES string of the molecule is Cc1ccc(OC2CC3CC2N(C(=O)c2c(OCCF)ncc4ccccc24)C3C)nc1. The third kappa shape index (κ3) is 3.55. The van der Waals surface area contributed by atoms with Crippen LogP contribution in [-0.4, -0.2) is 52.2 Å². The summed E-state index contributed by atoms with van der Waals surface area (Å²) in [4.78, 5) is 24.6. The second-order valence-corrected chi connectivity index (χ2v) is 8.64. The summed E-state index contributed by atoms with van der Waals surface area (Å²) in [5, 5.41) is 1.60. The van der Waals surface area contributed by atoms with E-state index in [1.54, 1.807) is 12.4 Å². The Kier molecular flexibility index (Phi) is 5.41. The summed E-state index contributed by atoms with van der Waals surface area (Å²) in [6.45, 7) is 3.28. The van der Waals surface area contributed by atoms with Gasteiger partial charge in [-0.1, -0.05) is 30.3 Å². The average molecular weight is 435 g/mol. The lowest BCUT2D eigenvalue weighted by Crippen LogP contribution is -2.51. The summed E-state index contributed by atoms with van der Waals surface area (Å²) in [6, 6.07) is 11.4. The van der Waals surface area contributed by atoms with E-state index in [-0.39, 0.29) is 36.6 Å². The van der Waals surface area contributed by atoms with Crippen LogP contribution in [0.15, 0.2) is 48.8 Å². The van der Waals surface area contributed by atoms with Gasteiger partial charge in [-0.15, -0.1) is 0 Å². The minimum atomic E-state index is -0.646. The first kappa shape index (κ1) is 20.7. The molecular weight excluding hydrogens is 409 g/mol. The molecule has 1 saturated heterocycles. The minimum Gasteiger partial charge on any atom is -0.474 e. The van der Waals surface area contributed by atoms with Crippen molar-refractivity contribution < 1.29 is 18.7 Å². The van der Waals surface area contributed by atoms with Gasteiger partial charge in [0.15, 0.2) is 0 Å². The van der Waals surface area contributed by atoms with Gasteiger partial charge >= 0.3 is 0 Å². The minimum absolute atomic E-state index is 0.0569. The molecule has 4 unspecified atom stereocenters. The van der Waals surface area contributed by atoms with Crippen molar-refractivity contribution in [2.75, 3.05) is 13.3 Å². The molecule has 166 valence electrons. The van der Waals surface area contributed by atoms with E-state index in [1.807, 2.05) is 48.2 Å². The Morgan fingerprint density at radius 1 is 1.16 bits per heavy atom. The van der Waals surface area contributed by atoms with E-state index in [9.17, 15) is 9.18 Å². The lowest BCUT2D eigenvalue weighted by molar-refractivity contribution is 0.0312. The molecule has 6 nitrogen and oxygen atoms in total. The van der Waals surface area contributed by atoms with Crippen LogP contribution in [0.5, 0.6) is 11.8 Å². The molecule has 1 aliphatic heterocycles. The van der Waals surface area contributed by atoms with Gasteiger partial charge in [-0.25, -0.2) is 14.4 Å². The molecule has 3 heterocycles. The standard InChI is InChI=1S/C25H26FN3O3/c1-15-7-8-22(27-13-15)32-21-12-18-11-20(21)29(16(18)2)25(30)23-19-6-4-3-5-17(19)14-28-24(23)31-10-9-26/h3-8,13-14,16,18,20-21H,9-12H2,1-2H3. The predicted octanol–water partition coefficient (Wildman–Crippen LogP) is 4.36. The maximum atomic E-state index is 13.9. The number of aromatic nitrogens is 2. The Morgan fingerprint density at radius 2 is 2.00 bits per heavy atom. The van der Waals surface area contributed by atoms with Crippen LogP contribution < -0.4 is 9.47 Å². The Labute approximate surface area is 186 Å². The summed E-state index contributed by atoms with van der Waals surface area (Å²) in [5.41, 5.74) is 1.46. The van der Waals surface area contributed by atoms with Crippen LogP contribution >= 0.6 is 0 Å². The fraction of sp³-hybridized carbons (Fsp3) is 0.400. The topological polar surface area (TPSA) is 64.5 Å². The largest absolute Gasteiger partial charge is 0.474 e. The van der Waals surface area contributed by atoms with Gasteiger partial charge in [0, 0.05) is 35.3 Å². The van der Waals surface area contributed by atoms with Gasteiger partial charge in [0.2, 0.25) is 11.8 Å². The molecule has 32 heavy (non-hydrogen) atoms. The first-order valence-corrected chi connectivity index (χ1v) is 11.1. The second-order valence-electron chi connectivity index (χ2n) is 8.64. The van der Waals surface area contributed by atoms with Crippen LogP contribution in [0.25, 0.3) is 10.8 Å². The van der Waals surface area contributed by atoms with Gasteiger partial charge < -0.3 is 14.4 Å². The zero-order valence-electron chi connectivity index (χ0n) is 18.2. The number of piperidine rings is 1. The number of pyridine rings is 2. The van der Waals surface area contributed by atoms with Gasteiger partial charge in [0.05, 0.1) is 6.04 Å². The van der Waals surface area contributed by atoms with Crippen molar-refractivity contribution in [1.29, 1.82) is 0 Å². The van der Waals surface area contributed by atoms with Crippen molar-refractivity contribution in [3.05, 3.63) is 59.9 Å². The summed E-state index contributed by atoms with van der Waals surface area (Å²) in [7, 11) is 0. The van der Waals surface area contributed by atoms with Crippen LogP contribution in [0.2, 0.25) is 0 Å². The number of hydrogen-bond acceptors (Lipinski definition) is 5. The van der Waals surface area contributed by atoms with Crippen molar-refractivity contribution in [1.82, 2.24) is 14.9 Å². The quantitative estimate of drug-likeness (QED) is 0.576. The highest BCUT2D eigenvalue weighted by Gasteiger charge is 2.53. The van der Waals surface area contributed by atoms with E-state index in [2.05, 4.69) is 16.9 Å². The molecule has 0 N–H and O–H groups in total. The number of carbonyl (C=O) groups excluding carboxylic acids is 1. The molecule has 0 spiro atoms. The van der Waals surface area contributed by atoms with E-state index in [0.717, 1.165) is 29.2 Å². The molecule has 2 fully saturated rings. The van der Waals surface area contributed by atoms with E-state index < -0.39 is 6.67 Å². The highest BCUT2D eigenvalue weighted by atomic mass is 19.1. The number of fused-ring (bicyclic) bond motifs is 3. The van der Waals surface area contributed by atoms with Crippen molar-refractivity contribution in [2.24, 2.45) is 5.92 Å². The molecule has 1 aromatic carbocycles. The third-order valence-electron chi connectivity index (χ3n) is 6.67. The summed E-state index contributed by atoms with van der Waals surface area (Å²) in [6.07, 6.45) is 5.11. The molecule has 3 aromatic rings. The van der Waals surface area contributed by atoms with Crippen molar-refractivity contribution in [3.63, 3.8) is 0 Å². The zero-order valence-corrected chi connectivity index (χ0v) is 18.2. The van der Waals surface area contributed by atoms with Gasteiger partial charge in [-0.3, -0.25) is 4.79 Å². The smallest absolute Gasteiger partial charge is 0.260 e. The van der Waals surface area contributed by atoms with Crippen LogP contribution in [0.3, 0.4) is 0 Å². The van der Waals surface area contributed by atoms with E-state index in [1.165, 1.54) is 0 Å². The van der Waals surface area contributed by atoms with Crippen LogP contribution in [0.4, 0.5) is 4.39 Å². The fourth-order valence-electron chi connectivity index (χ4n) is 5.10. The maximum Gasteiger partial charge on any atom is 0.260 e. The lowest BCUT2D eigenvalue weighted by atomic mass is 9.97.